The molecule has 0 fully saturated rings. The van der Waals surface area contributed by atoms with Gasteiger partial charge in [-0.25, -0.2) is 4.79 Å². The first-order valence-corrected chi connectivity index (χ1v) is 6.23. The number of halogens is 1. The number of nitrogens with one attached hydrogen (secondary N) is 2. The van der Waals surface area contributed by atoms with Crippen LogP contribution < -0.4 is 10.6 Å². The van der Waals surface area contributed by atoms with Crippen LogP contribution in [0, 0.1) is 0 Å². The molecule has 2 N–H and O–H groups in total. The van der Waals surface area contributed by atoms with E-state index in [1.54, 1.807) is 19.1 Å². The number of thioether (sulfide) groups is 1. The van der Waals surface area contributed by atoms with Crippen LogP contribution in [0.3, 0.4) is 0 Å². The Morgan fingerprint density at radius 2 is 1.88 bits per heavy atom. The number of imide groups is 1. The van der Waals surface area contributed by atoms with E-state index in [2.05, 4.69) is 10.6 Å². The Labute approximate surface area is 109 Å². The molecule has 1 rings (SSSR count). The standard InChI is InChI=1S/C11H13ClN2O2S/c1-7(10(15)14-11(16)13-2)17-9-5-3-8(12)4-6-9/h3-7H,1-2H3,(H2,13,14,15,16)/t7-/m0/s1. The minimum absolute atomic E-state index is 0.329. The quantitative estimate of drug-likeness (QED) is 0.830. The highest BCUT2D eigenvalue weighted by atomic mass is 35.5. The fourth-order valence-corrected chi connectivity index (χ4v) is 2.04. The van der Waals surface area contributed by atoms with Gasteiger partial charge in [-0.2, -0.15) is 0 Å². The number of rotatable bonds is 3. The number of carbonyl (C=O) groups is 2. The lowest BCUT2D eigenvalue weighted by Crippen LogP contribution is -2.41. The number of amides is 3. The van der Waals surface area contributed by atoms with Crippen molar-refractivity contribution in [2.24, 2.45) is 0 Å². The molecule has 0 heterocycles. The molecule has 92 valence electrons. The fourth-order valence-electron chi connectivity index (χ4n) is 1.05. The minimum atomic E-state index is -0.501. The summed E-state index contributed by atoms with van der Waals surface area (Å²) in [4.78, 5) is 23.4. The van der Waals surface area contributed by atoms with E-state index < -0.39 is 6.03 Å². The minimum Gasteiger partial charge on any atom is -0.341 e. The van der Waals surface area contributed by atoms with Crippen molar-refractivity contribution >= 4 is 35.3 Å². The van der Waals surface area contributed by atoms with Crippen molar-refractivity contribution in [3.63, 3.8) is 0 Å². The van der Waals surface area contributed by atoms with Crippen LogP contribution in [-0.2, 0) is 4.79 Å². The van der Waals surface area contributed by atoms with Crippen LogP contribution in [0.2, 0.25) is 5.02 Å². The van der Waals surface area contributed by atoms with E-state index in [1.165, 1.54) is 18.8 Å². The van der Waals surface area contributed by atoms with Gasteiger partial charge in [-0.05, 0) is 31.2 Å². The van der Waals surface area contributed by atoms with Gasteiger partial charge in [-0.15, -0.1) is 11.8 Å². The molecule has 0 unspecified atom stereocenters. The lowest BCUT2D eigenvalue weighted by molar-refractivity contribution is -0.119. The lowest BCUT2D eigenvalue weighted by Gasteiger charge is -2.10. The molecule has 0 saturated heterocycles. The summed E-state index contributed by atoms with van der Waals surface area (Å²) in [5, 5.41) is 4.85. The van der Waals surface area contributed by atoms with E-state index in [9.17, 15) is 9.59 Å². The molecule has 0 aliphatic rings. The molecule has 4 nitrogen and oxygen atoms in total. The molecule has 0 spiro atoms. The fraction of sp³-hybridized carbons (Fsp3) is 0.273. The Hall–Kier alpha value is -1.20. The zero-order chi connectivity index (χ0) is 12.8. The topological polar surface area (TPSA) is 58.2 Å². The molecule has 17 heavy (non-hydrogen) atoms. The predicted octanol–water partition coefficient (Wildman–Crippen LogP) is 2.28. The van der Waals surface area contributed by atoms with Crippen LogP contribution in [0.5, 0.6) is 0 Å². The zero-order valence-electron chi connectivity index (χ0n) is 9.49. The van der Waals surface area contributed by atoms with Crippen LogP contribution in [0.4, 0.5) is 4.79 Å². The average molecular weight is 273 g/mol. The van der Waals surface area contributed by atoms with Gasteiger partial charge in [0.25, 0.3) is 0 Å². The molecule has 6 heteroatoms. The van der Waals surface area contributed by atoms with Crippen LogP contribution in [0.1, 0.15) is 6.92 Å². The van der Waals surface area contributed by atoms with Crippen molar-refractivity contribution in [3.8, 4) is 0 Å². The Morgan fingerprint density at radius 1 is 1.29 bits per heavy atom. The number of urea groups is 1. The molecular weight excluding hydrogens is 260 g/mol. The first-order valence-electron chi connectivity index (χ1n) is 4.97. The third-order valence-corrected chi connectivity index (χ3v) is 3.32. The summed E-state index contributed by atoms with van der Waals surface area (Å²) in [6.07, 6.45) is 0. The van der Waals surface area contributed by atoms with Crippen molar-refractivity contribution in [2.45, 2.75) is 17.1 Å². The highest BCUT2D eigenvalue weighted by Gasteiger charge is 2.16. The van der Waals surface area contributed by atoms with Crippen LogP contribution >= 0.6 is 23.4 Å². The molecule has 1 atom stereocenters. The largest absolute Gasteiger partial charge is 0.341 e. The van der Waals surface area contributed by atoms with Gasteiger partial charge >= 0.3 is 6.03 Å². The van der Waals surface area contributed by atoms with Gasteiger partial charge < -0.3 is 5.32 Å². The van der Waals surface area contributed by atoms with Crippen molar-refractivity contribution in [3.05, 3.63) is 29.3 Å². The number of benzene rings is 1. The van der Waals surface area contributed by atoms with E-state index in [1.807, 2.05) is 12.1 Å². The molecule has 0 bridgehead atoms. The summed E-state index contributed by atoms with van der Waals surface area (Å²) in [5.41, 5.74) is 0. The molecule has 0 aromatic heterocycles. The molecule has 0 radical (unpaired) electrons. The molecule has 0 aliphatic heterocycles. The first kappa shape index (κ1) is 13.9. The number of hydrogen-bond acceptors (Lipinski definition) is 3. The lowest BCUT2D eigenvalue weighted by atomic mass is 10.4. The molecule has 1 aromatic carbocycles. The van der Waals surface area contributed by atoms with Gasteiger partial charge in [-0.3, -0.25) is 10.1 Å². The Morgan fingerprint density at radius 3 is 2.41 bits per heavy atom. The van der Waals surface area contributed by atoms with Crippen LogP contribution in [0.15, 0.2) is 29.2 Å². The molecule has 3 amide bonds. The van der Waals surface area contributed by atoms with Gasteiger partial charge in [0, 0.05) is 17.0 Å². The van der Waals surface area contributed by atoms with Crippen LogP contribution in [-0.4, -0.2) is 24.2 Å². The zero-order valence-corrected chi connectivity index (χ0v) is 11.1. The third kappa shape index (κ3) is 4.66. The van der Waals surface area contributed by atoms with E-state index >= 15 is 0 Å². The number of hydrogen-bond donors (Lipinski definition) is 2. The van der Waals surface area contributed by atoms with Crippen molar-refractivity contribution in [1.29, 1.82) is 0 Å². The average Bonchev–Trinajstić information content (AvgIpc) is 2.31. The van der Waals surface area contributed by atoms with Gasteiger partial charge in [0.1, 0.15) is 0 Å². The van der Waals surface area contributed by atoms with Gasteiger partial charge in [0.2, 0.25) is 5.91 Å². The number of carbonyl (C=O) groups excluding carboxylic acids is 2. The smallest absolute Gasteiger partial charge is 0.321 e. The molecule has 0 saturated carbocycles. The summed E-state index contributed by atoms with van der Waals surface area (Å²) < 4.78 is 0. The van der Waals surface area contributed by atoms with Gasteiger partial charge in [0.15, 0.2) is 0 Å². The second-order valence-corrected chi connectivity index (χ2v) is 5.13. The maximum absolute atomic E-state index is 11.6. The summed E-state index contributed by atoms with van der Waals surface area (Å²) >= 11 is 7.12. The van der Waals surface area contributed by atoms with Gasteiger partial charge in [0.05, 0.1) is 5.25 Å². The Kier molecular flexibility index (Phi) is 5.31. The SMILES string of the molecule is CNC(=O)NC(=O)[C@H](C)Sc1ccc(Cl)cc1. The van der Waals surface area contributed by atoms with Crippen molar-refractivity contribution in [1.82, 2.24) is 10.6 Å². The summed E-state index contributed by atoms with van der Waals surface area (Å²) in [5.74, 6) is -0.329. The van der Waals surface area contributed by atoms with E-state index in [-0.39, 0.29) is 11.2 Å². The monoisotopic (exact) mass is 272 g/mol. The normalized spacial score (nSPS) is 11.7. The maximum Gasteiger partial charge on any atom is 0.321 e. The Balaban J connectivity index is 2.54. The van der Waals surface area contributed by atoms with Crippen LogP contribution in [0.25, 0.3) is 0 Å². The maximum atomic E-state index is 11.6. The predicted molar refractivity (Wildman–Crippen MR) is 69.4 cm³/mol. The second kappa shape index (κ2) is 6.51. The Bertz CT molecular complexity index is 408. The van der Waals surface area contributed by atoms with Crippen molar-refractivity contribution in [2.75, 3.05) is 7.05 Å². The first-order chi connectivity index (χ1) is 8.02. The molecule has 1 aromatic rings. The second-order valence-electron chi connectivity index (χ2n) is 3.28. The van der Waals surface area contributed by atoms with E-state index in [4.69, 9.17) is 11.6 Å². The van der Waals surface area contributed by atoms with Crippen molar-refractivity contribution < 1.29 is 9.59 Å². The molecular formula is C11H13ClN2O2S. The molecule has 0 aliphatic carbocycles. The third-order valence-electron chi connectivity index (χ3n) is 1.96. The summed E-state index contributed by atoms with van der Waals surface area (Å²) in [6.45, 7) is 1.73. The highest BCUT2D eigenvalue weighted by Crippen LogP contribution is 2.24. The summed E-state index contributed by atoms with van der Waals surface area (Å²) in [7, 11) is 1.46. The van der Waals surface area contributed by atoms with E-state index in [0.29, 0.717) is 5.02 Å². The highest BCUT2D eigenvalue weighted by molar-refractivity contribution is 8.00. The summed E-state index contributed by atoms with van der Waals surface area (Å²) in [6, 6.07) is 6.67. The van der Waals surface area contributed by atoms with Gasteiger partial charge in [-0.1, -0.05) is 11.6 Å². The van der Waals surface area contributed by atoms with E-state index in [0.717, 1.165) is 4.90 Å².